The molecule has 0 aliphatic heterocycles. The summed E-state index contributed by atoms with van der Waals surface area (Å²) in [6.45, 7) is 4.08. The molecule has 0 spiro atoms. The molecular weight excluding hydrogens is 208 g/mol. The van der Waals surface area contributed by atoms with Crippen LogP contribution in [0.4, 0.5) is 0 Å². The van der Waals surface area contributed by atoms with Crippen molar-refractivity contribution in [2.24, 2.45) is 0 Å². The van der Waals surface area contributed by atoms with E-state index in [4.69, 9.17) is 0 Å². The van der Waals surface area contributed by atoms with Crippen molar-refractivity contribution in [3.8, 4) is 0 Å². The lowest BCUT2D eigenvalue weighted by molar-refractivity contribution is 0.827. The highest BCUT2D eigenvalue weighted by atomic mass is 79.9. The van der Waals surface area contributed by atoms with Gasteiger partial charge in [0, 0.05) is 11.8 Å². The van der Waals surface area contributed by atoms with Gasteiger partial charge in [-0.05, 0) is 21.8 Å². The zero-order valence-electron chi connectivity index (χ0n) is 6.39. The van der Waals surface area contributed by atoms with Gasteiger partial charge < -0.3 is 0 Å². The number of H-pyrrole nitrogens is 1. The third kappa shape index (κ3) is 1.89. The molecular formula is C7H9BrN2O. The van der Waals surface area contributed by atoms with Crippen LogP contribution in [0.25, 0.3) is 0 Å². The molecule has 1 N–H and O–H groups in total. The van der Waals surface area contributed by atoms with Gasteiger partial charge in [0.05, 0.1) is 4.60 Å². The second kappa shape index (κ2) is 3.17. The molecule has 1 heterocycles. The number of aromatic nitrogens is 2. The Labute approximate surface area is 73.0 Å². The van der Waals surface area contributed by atoms with Crippen LogP contribution >= 0.6 is 15.9 Å². The van der Waals surface area contributed by atoms with E-state index >= 15 is 0 Å². The first kappa shape index (κ1) is 8.46. The molecule has 11 heavy (non-hydrogen) atoms. The monoisotopic (exact) mass is 216 g/mol. The molecule has 0 aromatic carbocycles. The number of nitrogens with zero attached hydrogens (tertiary/aromatic N) is 1. The highest BCUT2D eigenvalue weighted by Gasteiger charge is 2.04. The SMILES string of the molecule is CC(C)c1cnc(=O)[nH]c1Br. The lowest BCUT2D eigenvalue weighted by Gasteiger charge is -2.04. The highest BCUT2D eigenvalue weighted by Crippen LogP contribution is 2.19. The van der Waals surface area contributed by atoms with E-state index in [0.717, 1.165) is 10.2 Å². The Hall–Kier alpha value is -0.640. The van der Waals surface area contributed by atoms with Crippen molar-refractivity contribution in [3.05, 3.63) is 26.8 Å². The van der Waals surface area contributed by atoms with Crippen molar-refractivity contribution >= 4 is 15.9 Å². The smallest absolute Gasteiger partial charge is 0.300 e. The van der Waals surface area contributed by atoms with Gasteiger partial charge in [0.1, 0.15) is 0 Å². The molecule has 0 aliphatic rings. The summed E-state index contributed by atoms with van der Waals surface area (Å²) < 4.78 is 0.729. The second-order valence-corrected chi connectivity index (χ2v) is 3.41. The third-order valence-corrected chi connectivity index (χ3v) is 2.07. The molecule has 0 amide bonds. The molecule has 0 unspecified atom stereocenters. The molecule has 0 saturated heterocycles. The van der Waals surface area contributed by atoms with E-state index in [1.54, 1.807) is 6.20 Å². The van der Waals surface area contributed by atoms with Gasteiger partial charge in [-0.25, -0.2) is 9.78 Å². The summed E-state index contributed by atoms with van der Waals surface area (Å²) in [4.78, 5) is 16.9. The molecule has 0 radical (unpaired) electrons. The van der Waals surface area contributed by atoms with Gasteiger partial charge in [-0.2, -0.15) is 0 Å². The number of halogens is 1. The van der Waals surface area contributed by atoms with E-state index in [9.17, 15) is 4.79 Å². The van der Waals surface area contributed by atoms with E-state index in [2.05, 4.69) is 25.9 Å². The van der Waals surface area contributed by atoms with E-state index in [-0.39, 0.29) is 5.69 Å². The van der Waals surface area contributed by atoms with Gasteiger partial charge in [-0.3, -0.25) is 4.98 Å². The number of nitrogens with one attached hydrogen (secondary N) is 1. The lowest BCUT2D eigenvalue weighted by Crippen LogP contribution is -2.11. The minimum atomic E-state index is -0.318. The topological polar surface area (TPSA) is 45.8 Å². The summed E-state index contributed by atoms with van der Waals surface area (Å²) in [6.07, 6.45) is 1.59. The molecule has 0 atom stereocenters. The van der Waals surface area contributed by atoms with Crippen molar-refractivity contribution in [3.63, 3.8) is 0 Å². The van der Waals surface area contributed by atoms with Crippen LogP contribution in [-0.4, -0.2) is 9.97 Å². The van der Waals surface area contributed by atoms with Crippen LogP contribution in [0.5, 0.6) is 0 Å². The van der Waals surface area contributed by atoms with Gasteiger partial charge in [-0.15, -0.1) is 0 Å². The molecule has 60 valence electrons. The Morgan fingerprint density at radius 1 is 1.64 bits per heavy atom. The Kier molecular flexibility index (Phi) is 2.44. The van der Waals surface area contributed by atoms with Crippen LogP contribution in [0, 0.1) is 0 Å². The van der Waals surface area contributed by atoms with Crippen LogP contribution in [0.3, 0.4) is 0 Å². The zero-order valence-corrected chi connectivity index (χ0v) is 7.97. The molecule has 1 rings (SSSR count). The van der Waals surface area contributed by atoms with Gasteiger partial charge in [-0.1, -0.05) is 13.8 Å². The van der Waals surface area contributed by atoms with E-state index in [1.807, 2.05) is 13.8 Å². The molecule has 0 fully saturated rings. The summed E-state index contributed by atoms with van der Waals surface area (Å²) in [7, 11) is 0. The first-order chi connectivity index (χ1) is 5.11. The van der Waals surface area contributed by atoms with E-state index in [1.165, 1.54) is 0 Å². The van der Waals surface area contributed by atoms with Crippen LogP contribution in [0.1, 0.15) is 25.3 Å². The van der Waals surface area contributed by atoms with Crippen molar-refractivity contribution in [1.82, 2.24) is 9.97 Å². The summed E-state index contributed by atoms with van der Waals surface area (Å²) in [5.41, 5.74) is 0.700. The summed E-state index contributed by atoms with van der Waals surface area (Å²) in [5, 5.41) is 0. The Bertz CT molecular complexity index is 306. The largest absolute Gasteiger partial charge is 0.345 e. The predicted molar refractivity (Wildman–Crippen MR) is 46.6 cm³/mol. The Balaban J connectivity index is 3.20. The number of hydrogen-bond acceptors (Lipinski definition) is 2. The fourth-order valence-corrected chi connectivity index (χ4v) is 1.52. The van der Waals surface area contributed by atoms with Crippen molar-refractivity contribution in [1.29, 1.82) is 0 Å². The minimum Gasteiger partial charge on any atom is -0.300 e. The molecule has 1 aromatic rings. The van der Waals surface area contributed by atoms with Crippen molar-refractivity contribution in [2.75, 3.05) is 0 Å². The zero-order chi connectivity index (χ0) is 8.43. The van der Waals surface area contributed by atoms with Crippen LogP contribution in [-0.2, 0) is 0 Å². The maximum atomic E-state index is 10.7. The van der Waals surface area contributed by atoms with E-state index in [0.29, 0.717) is 5.92 Å². The molecule has 3 nitrogen and oxygen atoms in total. The highest BCUT2D eigenvalue weighted by molar-refractivity contribution is 9.10. The van der Waals surface area contributed by atoms with Gasteiger partial charge in [0.25, 0.3) is 0 Å². The summed E-state index contributed by atoms with van der Waals surface area (Å²) >= 11 is 3.25. The maximum Gasteiger partial charge on any atom is 0.345 e. The van der Waals surface area contributed by atoms with Gasteiger partial charge in [0.15, 0.2) is 0 Å². The first-order valence-corrected chi connectivity index (χ1v) is 4.15. The van der Waals surface area contributed by atoms with Crippen LogP contribution in [0.2, 0.25) is 0 Å². The predicted octanol–water partition coefficient (Wildman–Crippen LogP) is 1.66. The Morgan fingerprint density at radius 2 is 2.27 bits per heavy atom. The third-order valence-electron chi connectivity index (χ3n) is 1.41. The number of rotatable bonds is 1. The van der Waals surface area contributed by atoms with Crippen molar-refractivity contribution in [2.45, 2.75) is 19.8 Å². The van der Waals surface area contributed by atoms with E-state index < -0.39 is 0 Å². The van der Waals surface area contributed by atoms with Gasteiger partial charge in [0.2, 0.25) is 0 Å². The molecule has 4 heteroatoms. The van der Waals surface area contributed by atoms with Gasteiger partial charge >= 0.3 is 5.69 Å². The Morgan fingerprint density at radius 3 is 2.73 bits per heavy atom. The lowest BCUT2D eigenvalue weighted by atomic mass is 10.1. The normalized spacial score (nSPS) is 10.5. The number of aromatic amines is 1. The minimum absolute atomic E-state index is 0.318. The second-order valence-electron chi connectivity index (χ2n) is 2.61. The maximum absolute atomic E-state index is 10.7. The fourth-order valence-electron chi connectivity index (χ4n) is 0.786. The first-order valence-electron chi connectivity index (χ1n) is 3.36. The number of hydrogen-bond donors (Lipinski definition) is 1. The average Bonchev–Trinajstić information content (AvgIpc) is 1.85. The van der Waals surface area contributed by atoms with Crippen LogP contribution < -0.4 is 5.69 Å². The molecule has 0 saturated carbocycles. The quantitative estimate of drug-likeness (QED) is 0.727. The standard InChI is InChI=1S/C7H9BrN2O/c1-4(2)5-3-9-7(11)10-6(5)8/h3-4H,1-2H3,(H,9,10,11). The molecule has 0 aliphatic carbocycles. The fraction of sp³-hybridized carbons (Fsp3) is 0.429. The molecule has 0 bridgehead atoms. The summed E-state index contributed by atoms with van der Waals surface area (Å²) in [5.74, 6) is 0.369. The summed E-state index contributed by atoms with van der Waals surface area (Å²) in [6, 6.07) is 0. The average molecular weight is 217 g/mol. The molecule has 1 aromatic heterocycles. The van der Waals surface area contributed by atoms with Crippen LogP contribution in [0.15, 0.2) is 15.6 Å². The van der Waals surface area contributed by atoms with Crippen molar-refractivity contribution < 1.29 is 0 Å².